The molecular weight excluding hydrogens is 424 g/mol. The average molecular weight is 457 g/mol. The first-order chi connectivity index (χ1) is 16.5. The second kappa shape index (κ2) is 11.0. The fourth-order valence-electron chi connectivity index (χ4n) is 3.99. The molecule has 0 spiro atoms. The second-order valence-electron chi connectivity index (χ2n) is 8.72. The molecule has 0 saturated heterocycles. The summed E-state index contributed by atoms with van der Waals surface area (Å²) in [6.07, 6.45) is 3.37. The van der Waals surface area contributed by atoms with Gasteiger partial charge in [0.1, 0.15) is 18.6 Å². The van der Waals surface area contributed by atoms with E-state index in [9.17, 15) is 4.79 Å². The minimum absolute atomic E-state index is 0.00693. The van der Waals surface area contributed by atoms with Crippen molar-refractivity contribution in [3.63, 3.8) is 0 Å². The predicted molar refractivity (Wildman–Crippen MR) is 135 cm³/mol. The molecule has 0 bridgehead atoms. The van der Waals surface area contributed by atoms with Crippen LogP contribution in [0, 0.1) is 20.8 Å². The number of ether oxygens (including phenoxy) is 2. The monoisotopic (exact) mass is 456 g/mol. The topological polar surface area (TPSA) is 50.8 Å². The first-order valence-corrected chi connectivity index (χ1v) is 11.7. The SMILES string of the molecule is Cc1ccc(CCN(C(=O)C(NCC2OC=CO2)c2ccccc2)c2ccc(C)c(C)c2)cc1. The Morgan fingerprint density at radius 3 is 2.29 bits per heavy atom. The number of nitrogens with zero attached hydrogens (tertiary/aromatic N) is 1. The lowest BCUT2D eigenvalue weighted by atomic mass is 10.0. The van der Waals surface area contributed by atoms with Gasteiger partial charge in [0, 0.05) is 12.2 Å². The summed E-state index contributed by atoms with van der Waals surface area (Å²) in [6, 6.07) is 24.0. The molecule has 1 heterocycles. The van der Waals surface area contributed by atoms with Gasteiger partial charge in [-0.25, -0.2) is 0 Å². The maximum atomic E-state index is 14.1. The average Bonchev–Trinajstić information content (AvgIpc) is 3.37. The third-order valence-corrected chi connectivity index (χ3v) is 6.20. The molecule has 34 heavy (non-hydrogen) atoms. The van der Waals surface area contributed by atoms with Crippen LogP contribution in [0.5, 0.6) is 0 Å². The van der Waals surface area contributed by atoms with E-state index in [0.29, 0.717) is 13.1 Å². The smallest absolute Gasteiger partial charge is 0.251 e. The standard InChI is InChI=1S/C29H32N2O3/c1-21-9-12-24(13-10-21)15-16-31(26-14-11-22(2)23(3)19-26)29(32)28(25-7-5-4-6-8-25)30-20-27-33-17-18-34-27/h4-14,17-19,27-28,30H,15-16,20H2,1-3H3. The molecule has 4 rings (SSSR count). The van der Waals surface area contributed by atoms with Crippen molar-refractivity contribution < 1.29 is 14.3 Å². The molecule has 3 aromatic carbocycles. The van der Waals surface area contributed by atoms with Gasteiger partial charge in [-0.3, -0.25) is 10.1 Å². The summed E-state index contributed by atoms with van der Waals surface area (Å²) >= 11 is 0. The Kier molecular flexibility index (Phi) is 7.65. The number of carbonyl (C=O) groups is 1. The van der Waals surface area contributed by atoms with E-state index in [-0.39, 0.29) is 5.91 Å². The molecule has 5 heteroatoms. The number of hydrogen-bond acceptors (Lipinski definition) is 4. The molecule has 1 N–H and O–H groups in total. The Bertz CT molecular complexity index is 1120. The molecule has 5 nitrogen and oxygen atoms in total. The Balaban J connectivity index is 1.62. The zero-order valence-electron chi connectivity index (χ0n) is 20.0. The van der Waals surface area contributed by atoms with E-state index in [2.05, 4.69) is 62.5 Å². The van der Waals surface area contributed by atoms with Crippen molar-refractivity contribution in [2.75, 3.05) is 18.0 Å². The Hall–Kier alpha value is -3.57. The number of nitrogens with one attached hydrogen (secondary N) is 1. The molecule has 0 aromatic heterocycles. The Morgan fingerprint density at radius 1 is 0.912 bits per heavy atom. The quantitative estimate of drug-likeness (QED) is 0.471. The summed E-state index contributed by atoms with van der Waals surface area (Å²) in [4.78, 5) is 16.0. The number of hydrogen-bond donors (Lipinski definition) is 1. The molecule has 0 aliphatic carbocycles. The fraction of sp³-hybridized carbons (Fsp3) is 0.276. The predicted octanol–water partition coefficient (Wildman–Crippen LogP) is 5.36. The molecule has 0 saturated carbocycles. The van der Waals surface area contributed by atoms with E-state index in [1.807, 2.05) is 41.3 Å². The molecule has 0 fully saturated rings. The van der Waals surface area contributed by atoms with Crippen LogP contribution in [0.25, 0.3) is 0 Å². The number of amides is 1. The summed E-state index contributed by atoms with van der Waals surface area (Å²) in [7, 11) is 0. The van der Waals surface area contributed by atoms with E-state index in [1.165, 1.54) is 29.2 Å². The molecule has 1 unspecified atom stereocenters. The van der Waals surface area contributed by atoms with E-state index < -0.39 is 12.3 Å². The molecule has 1 aliphatic rings. The van der Waals surface area contributed by atoms with Crippen molar-refractivity contribution in [2.24, 2.45) is 0 Å². The van der Waals surface area contributed by atoms with Crippen molar-refractivity contribution >= 4 is 11.6 Å². The first-order valence-electron chi connectivity index (χ1n) is 11.7. The van der Waals surface area contributed by atoms with E-state index >= 15 is 0 Å². The van der Waals surface area contributed by atoms with Gasteiger partial charge in [0.2, 0.25) is 5.91 Å². The van der Waals surface area contributed by atoms with Gasteiger partial charge in [-0.1, -0.05) is 66.2 Å². The highest BCUT2D eigenvalue weighted by Crippen LogP contribution is 2.25. The largest absolute Gasteiger partial charge is 0.458 e. The lowest BCUT2D eigenvalue weighted by Gasteiger charge is -2.29. The summed E-state index contributed by atoms with van der Waals surface area (Å²) in [6.45, 7) is 7.21. The third-order valence-electron chi connectivity index (χ3n) is 6.20. The first kappa shape index (κ1) is 23.6. The molecule has 176 valence electrons. The van der Waals surface area contributed by atoms with Crippen LogP contribution in [-0.4, -0.2) is 25.3 Å². The van der Waals surface area contributed by atoms with Crippen LogP contribution in [0.15, 0.2) is 85.3 Å². The third kappa shape index (κ3) is 5.86. The van der Waals surface area contributed by atoms with Crippen molar-refractivity contribution in [2.45, 2.75) is 39.5 Å². The van der Waals surface area contributed by atoms with Crippen LogP contribution in [-0.2, 0) is 20.7 Å². The van der Waals surface area contributed by atoms with Crippen LogP contribution >= 0.6 is 0 Å². The zero-order valence-corrected chi connectivity index (χ0v) is 20.0. The van der Waals surface area contributed by atoms with Gasteiger partial charge in [0.25, 0.3) is 6.29 Å². The molecule has 1 amide bonds. The van der Waals surface area contributed by atoms with E-state index in [1.54, 1.807) is 0 Å². The number of carbonyl (C=O) groups excluding carboxylic acids is 1. The molecule has 3 aromatic rings. The van der Waals surface area contributed by atoms with Crippen LogP contribution in [0.4, 0.5) is 5.69 Å². The molecule has 1 atom stereocenters. The highest BCUT2D eigenvalue weighted by atomic mass is 16.7. The van der Waals surface area contributed by atoms with Gasteiger partial charge in [-0.15, -0.1) is 0 Å². The minimum Gasteiger partial charge on any atom is -0.458 e. The maximum absolute atomic E-state index is 14.1. The summed E-state index contributed by atoms with van der Waals surface area (Å²) in [5, 5.41) is 3.38. The maximum Gasteiger partial charge on any atom is 0.251 e. The van der Waals surface area contributed by atoms with Crippen LogP contribution < -0.4 is 10.2 Å². The molecule has 1 aliphatic heterocycles. The summed E-state index contributed by atoms with van der Waals surface area (Å²) < 4.78 is 10.8. The number of rotatable bonds is 9. The van der Waals surface area contributed by atoms with Crippen LogP contribution in [0.1, 0.15) is 33.9 Å². The zero-order chi connectivity index (χ0) is 23.9. The number of aryl methyl sites for hydroxylation is 3. The Labute approximate surface area is 202 Å². The van der Waals surface area contributed by atoms with Gasteiger partial charge < -0.3 is 14.4 Å². The van der Waals surface area contributed by atoms with Gasteiger partial charge >= 0.3 is 0 Å². The van der Waals surface area contributed by atoms with Gasteiger partial charge in [0.05, 0.1) is 6.54 Å². The normalized spacial score (nSPS) is 13.9. The summed E-state index contributed by atoms with van der Waals surface area (Å²) in [5.74, 6) is -0.00693. The van der Waals surface area contributed by atoms with E-state index in [0.717, 1.165) is 23.2 Å². The van der Waals surface area contributed by atoms with Gasteiger partial charge in [-0.05, 0) is 61.6 Å². The second-order valence-corrected chi connectivity index (χ2v) is 8.72. The molecule has 0 radical (unpaired) electrons. The van der Waals surface area contributed by atoms with Crippen molar-refractivity contribution in [1.82, 2.24) is 5.32 Å². The highest BCUT2D eigenvalue weighted by Gasteiger charge is 2.28. The van der Waals surface area contributed by atoms with E-state index in [4.69, 9.17) is 9.47 Å². The van der Waals surface area contributed by atoms with Crippen LogP contribution in [0.2, 0.25) is 0 Å². The van der Waals surface area contributed by atoms with Crippen molar-refractivity contribution in [3.8, 4) is 0 Å². The number of anilines is 1. The van der Waals surface area contributed by atoms with Gasteiger partial charge in [0.15, 0.2) is 0 Å². The van der Waals surface area contributed by atoms with Gasteiger partial charge in [-0.2, -0.15) is 0 Å². The Morgan fingerprint density at radius 2 is 1.62 bits per heavy atom. The number of benzene rings is 3. The fourth-order valence-corrected chi connectivity index (χ4v) is 3.99. The summed E-state index contributed by atoms with van der Waals surface area (Å²) in [5.41, 5.74) is 6.60. The van der Waals surface area contributed by atoms with Crippen molar-refractivity contribution in [1.29, 1.82) is 0 Å². The highest BCUT2D eigenvalue weighted by molar-refractivity contribution is 5.98. The lowest BCUT2D eigenvalue weighted by molar-refractivity contribution is -0.121. The van der Waals surface area contributed by atoms with Crippen molar-refractivity contribution in [3.05, 3.63) is 113 Å². The minimum atomic E-state index is -0.534. The molecular formula is C29H32N2O3. The lowest BCUT2D eigenvalue weighted by Crippen LogP contribution is -2.44. The van der Waals surface area contributed by atoms with Crippen LogP contribution in [0.3, 0.4) is 0 Å².